The Balaban J connectivity index is 1.55. The third-order valence-electron chi connectivity index (χ3n) is 4.84. The summed E-state index contributed by atoms with van der Waals surface area (Å²) in [5.41, 5.74) is 6.14. The maximum absolute atomic E-state index is 12.7. The summed E-state index contributed by atoms with van der Waals surface area (Å²) in [7, 11) is 0. The van der Waals surface area contributed by atoms with Gasteiger partial charge in [-0.2, -0.15) is 0 Å². The van der Waals surface area contributed by atoms with E-state index in [4.69, 9.17) is 10.2 Å². The molecule has 0 radical (unpaired) electrons. The van der Waals surface area contributed by atoms with E-state index in [-0.39, 0.29) is 5.91 Å². The zero-order valence-electron chi connectivity index (χ0n) is 14.7. The van der Waals surface area contributed by atoms with Crippen LogP contribution < -0.4 is 10.6 Å². The topological polar surface area (TPSA) is 75.6 Å². The quantitative estimate of drug-likeness (QED) is 0.873. The molecule has 0 unspecified atom stereocenters. The Morgan fingerprint density at radius 2 is 2.20 bits per heavy atom. The average Bonchev–Trinajstić information content (AvgIpc) is 3.16. The van der Waals surface area contributed by atoms with Gasteiger partial charge in [0.15, 0.2) is 0 Å². The van der Waals surface area contributed by atoms with Crippen molar-refractivity contribution in [1.29, 1.82) is 0 Å². The van der Waals surface area contributed by atoms with Crippen molar-refractivity contribution in [1.82, 2.24) is 9.88 Å². The largest absolute Gasteiger partial charge is 0.467 e. The molecule has 0 saturated carbocycles. The molecule has 0 bridgehead atoms. The fourth-order valence-corrected chi connectivity index (χ4v) is 3.34. The van der Waals surface area contributed by atoms with E-state index in [1.54, 1.807) is 6.07 Å². The van der Waals surface area contributed by atoms with Gasteiger partial charge in [0.25, 0.3) is 5.91 Å². The average molecular weight is 342 g/mol. The van der Waals surface area contributed by atoms with E-state index in [0.29, 0.717) is 30.3 Å². The van der Waals surface area contributed by atoms with E-state index in [0.717, 1.165) is 38.3 Å². The van der Waals surface area contributed by atoms with Crippen LogP contribution in [0.2, 0.25) is 0 Å². The zero-order valence-corrected chi connectivity index (χ0v) is 14.7. The number of amides is 1. The first kappa shape index (κ1) is 17.5. The fourth-order valence-electron chi connectivity index (χ4n) is 3.34. The zero-order chi connectivity index (χ0) is 17.6. The van der Waals surface area contributed by atoms with Crippen LogP contribution in [0.1, 0.15) is 35.9 Å². The van der Waals surface area contributed by atoms with E-state index >= 15 is 0 Å². The van der Waals surface area contributed by atoms with Crippen molar-refractivity contribution in [2.75, 3.05) is 31.1 Å². The van der Waals surface area contributed by atoms with Gasteiger partial charge in [-0.05, 0) is 43.9 Å². The lowest BCUT2D eigenvalue weighted by atomic mass is 9.96. The van der Waals surface area contributed by atoms with Crippen molar-refractivity contribution in [2.24, 2.45) is 11.7 Å². The Hall–Kier alpha value is -2.34. The molecular formula is C19H26N4O2. The van der Waals surface area contributed by atoms with E-state index in [1.165, 1.54) is 6.26 Å². The second-order valence-corrected chi connectivity index (χ2v) is 6.47. The van der Waals surface area contributed by atoms with Crippen LogP contribution in [0.4, 0.5) is 5.82 Å². The molecule has 2 aromatic rings. The molecule has 1 saturated heterocycles. The fraction of sp³-hybridized carbons (Fsp3) is 0.474. The molecule has 0 atom stereocenters. The second kappa shape index (κ2) is 8.16. The highest BCUT2D eigenvalue weighted by Gasteiger charge is 2.24. The SMILES string of the molecule is CCN(CC1CCN(c2ccccn2)CC1)C(=O)c1coc(CN)c1. The third-order valence-corrected chi connectivity index (χ3v) is 4.84. The van der Waals surface area contributed by atoms with Crippen molar-refractivity contribution in [3.8, 4) is 0 Å². The van der Waals surface area contributed by atoms with Crippen LogP contribution >= 0.6 is 0 Å². The van der Waals surface area contributed by atoms with Gasteiger partial charge < -0.3 is 20.0 Å². The molecule has 2 N–H and O–H groups in total. The maximum Gasteiger partial charge on any atom is 0.257 e. The number of rotatable bonds is 6. The predicted molar refractivity (Wildman–Crippen MR) is 97.4 cm³/mol. The number of furan rings is 1. The van der Waals surface area contributed by atoms with Crippen LogP contribution in [-0.4, -0.2) is 42.0 Å². The van der Waals surface area contributed by atoms with Gasteiger partial charge in [0, 0.05) is 32.4 Å². The molecule has 0 aliphatic carbocycles. The molecule has 0 aromatic carbocycles. The molecule has 3 rings (SSSR count). The Morgan fingerprint density at radius 3 is 2.80 bits per heavy atom. The van der Waals surface area contributed by atoms with Crippen LogP contribution in [0, 0.1) is 5.92 Å². The van der Waals surface area contributed by atoms with Gasteiger partial charge in [-0.3, -0.25) is 4.79 Å². The summed E-state index contributed by atoms with van der Waals surface area (Å²) < 4.78 is 5.30. The van der Waals surface area contributed by atoms with E-state index in [1.807, 2.05) is 30.2 Å². The Bertz CT molecular complexity index is 678. The highest BCUT2D eigenvalue weighted by molar-refractivity contribution is 5.94. The summed E-state index contributed by atoms with van der Waals surface area (Å²) in [5, 5.41) is 0. The van der Waals surface area contributed by atoms with Crippen LogP contribution in [0.5, 0.6) is 0 Å². The third kappa shape index (κ3) is 4.20. The van der Waals surface area contributed by atoms with E-state index in [2.05, 4.69) is 16.0 Å². The molecule has 1 aliphatic heterocycles. The first-order chi connectivity index (χ1) is 12.2. The summed E-state index contributed by atoms with van der Waals surface area (Å²) in [6.45, 7) is 5.78. The van der Waals surface area contributed by atoms with Crippen molar-refractivity contribution in [2.45, 2.75) is 26.3 Å². The number of hydrogen-bond acceptors (Lipinski definition) is 5. The predicted octanol–water partition coefficient (Wildman–Crippen LogP) is 2.51. The summed E-state index contributed by atoms with van der Waals surface area (Å²) in [6.07, 6.45) is 5.48. The molecular weight excluding hydrogens is 316 g/mol. The van der Waals surface area contributed by atoms with Gasteiger partial charge in [0.2, 0.25) is 0 Å². The number of anilines is 1. The lowest BCUT2D eigenvalue weighted by molar-refractivity contribution is 0.0728. The Labute approximate surface area is 148 Å². The first-order valence-electron chi connectivity index (χ1n) is 8.94. The van der Waals surface area contributed by atoms with Gasteiger partial charge >= 0.3 is 0 Å². The minimum atomic E-state index is 0.0260. The summed E-state index contributed by atoms with van der Waals surface area (Å²) >= 11 is 0. The lowest BCUT2D eigenvalue weighted by Crippen LogP contribution is -2.41. The van der Waals surface area contributed by atoms with Gasteiger partial charge in [-0.15, -0.1) is 0 Å². The molecule has 25 heavy (non-hydrogen) atoms. The summed E-state index contributed by atoms with van der Waals surface area (Å²) in [6, 6.07) is 7.75. The first-order valence-corrected chi connectivity index (χ1v) is 8.94. The lowest BCUT2D eigenvalue weighted by Gasteiger charge is -2.35. The van der Waals surface area contributed by atoms with Crippen LogP contribution in [0.25, 0.3) is 0 Å². The van der Waals surface area contributed by atoms with E-state index < -0.39 is 0 Å². The number of pyridine rings is 1. The number of nitrogens with zero attached hydrogens (tertiary/aromatic N) is 3. The molecule has 6 nitrogen and oxygen atoms in total. The molecule has 0 spiro atoms. The molecule has 134 valence electrons. The standard InChI is InChI=1S/C19H26N4O2/c1-2-22(19(24)16-11-17(12-20)25-14-16)13-15-6-9-23(10-7-15)18-5-3-4-8-21-18/h3-5,8,11,14-15H,2,6-7,9-10,12-13,20H2,1H3. The minimum Gasteiger partial charge on any atom is -0.467 e. The Morgan fingerprint density at radius 1 is 1.40 bits per heavy atom. The minimum absolute atomic E-state index is 0.0260. The second-order valence-electron chi connectivity index (χ2n) is 6.47. The maximum atomic E-state index is 12.7. The van der Waals surface area contributed by atoms with Crippen LogP contribution in [0.3, 0.4) is 0 Å². The monoisotopic (exact) mass is 342 g/mol. The highest BCUT2D eigenvalue weighted by atomic mass is 16.3. The summed E-state index contributed by atoms with van der Waals surface area (Å²) in [4.78, 5) is 21.3. The molecule has 2 aromatic heterocycles. The highest BCUT2D eigenvalue weighted by Crippen LogP contribution is 2.23. The van der Waals surface area contributed by atoms with Crippen LogP contribution in [0.15, 0.2) is 41.1 Å². The molecule has 6 heteroatoms. The van der Waals surface area contributed by atoms with Gasteiger partial charge in [0.05, 0.1) is 12.1 Å². The van der Waals surface area contributed by atoms with Gasteiger partial charge in [0.1, 0.15) is 17.8 Å². The molecule has 1 aliphatic rings. The van der Waals surface area contributed by atoms with Crippen LogP contribution in [-0.2, 0) is 6.54 Å². The number of piperidine rings is 1. The number of aromatic nitrogens is 1. The Kier molecular flexibility index (Phi) is 5.71. The molecule has 1 fully saturated rings. The van der Waals surface area contributed by atoms with Crippen molar-refractivity contribution in [3.63, 3.8) is 0 Å². The van der Waals surface area contributed by atoms with Crippen molar-refractivity contribution < 1.29 is 9.21 Å². The number of carbonyl (C=O) groups is 1. The number of nitrogens with two attached hydrogens (primary N) is 1. The normalized spacial score (nSPS) is 15.4. The molecule has 1 amide bonds. The number of carbonyl (C=O) groups excluding carboxylic acids is 1. The van der Waals surface area contributed by atoms with E-state index in [9.17, 15) is 4.79 Å². The summed E-state index contributed by atoms with van der Waals surface area (Å²) in [5.74, 6) is 2.23. The van der Waals surface area contributed by atoms with Crippen molar-refractivity contribution in [3.05, 3.63) is 48.0 Å². The van der Waals surface area contributed by atoms with Gasteiger partial charge in [-0.1, -0.05) is 6.07 Å². The van der Waals surface area contributed by atoms with Crippen molar-refractivity contribution >= 4 is 11.7 Å². The van der Waals surface area contributed by atoms with Gasteiger partial charge in [-0.25, -0.2) is 4.98 Å². The molecule has 3 heterocycles. The smallest absolute Gasteiger partial charge is 0.257 e. The number of hydrogen-bond donors (Lipinski definition) is 1.